The molecule has 1 atom stereocenters. The SMILES string of the molecule is Cc1ccc(CCC2(C(=O)N(C)C(C(=O)O)C(=O)NO)CC2)cc1. The van der Waals surface area contributed by atoms with Crippen LogP contribution in [-0.4, -0.2) is 46.1 Å². The minimum atomic E-state index is -1.74. The number of hydrogen-bond acceptors (Lipinski definition) is 4. The van der Waals surface area contributed by atoms with Crippen LogP contribution in [0.3, 0.4) is 0 Å². The van der Waals surface area contributed by atoms with Crippen LogP contribution in [0.4, 0.5) is 0 Å². The maximum Gasteiger partial charge on any atom is 0.336 e. The minimum absolute atomic E-state index is 0.370. The Morgan fingerprint density at radius 3 is 2.29 bits per heavy atom. The number of amides is 2. The van der Waals surface area contributed by atoms with Crippen molar-refractivity contribution in [3.8, 4) is 0 Å². The van der Waals surface area contributed by atoms with Gasteiger partial charge in [-0.15, -0.1) is 0 Å². The Morgan fingerprint density at radius 1 is 1.25 bits per heavy atom. The second-order valence-corrected chi connectivity index (χ2v) is 6.40. The summed E-state index contributed by atoms with van der Waals surface area (Å²) in [4.78, 5) is 36.3. The molecule has 1 unspecified atom stereocenters. The molecule has 1 aromatic carbocycles. The molecule has 130 valence electrons. The van der Waals surface area contributed by atoms with Gasteiger partial charge in [-0.1, -0.05) is 29.8 Å². The molecule has 2 amide bonds. The van der Waals surface area contributed by atoms with Gasteiger partial charge in [-0.2, -0.15) is 0 Å². The molecule has 1 saturated carbocycles. The Labute approximate surface area is 140 Å². The number of likely N-dealkylation sites (N-methyl/N-ethyl adjacent to an activating group) is 1. The summed E-state index contributed by atoms with van der Waals surface area (Å²) in [6, 6.07) is 6.31. The van der Waals surface area contributed by atoms with Crippen LogP contribution in [0.2, 0.25) is 0 Å². The van der Waals surface area contributed by atoms with Crippen LogP contribution in [-0.2, 0) is 20.8 Å². The normalized spacial score (nSPS) is 16.1. The molecule has 1 aliphatic carbocycles. The van der Waals surface area contributed by atoms with Crippen molar-refractivity contribution < 1.29 is 24.7 Å². The monoisotopic (exact) mass is 334 g/mol. The van der Waals surface area contributed by atoms with Crippen molar-refractivity contribution in [3.63, 3.8) is 0 Å². The zero-order valence-electron chi connectivity index (χ0n) is 13.8. The van der Waals surface area contributed by atoms with E-state index in [9.17, 15) is 14.4 Å². The van der Waals surface area contributed by atoms with E-state index in [4.69, 9.17) is 10.3 Å². The van der Waals surface area contributed by atoms with E-state index >= 15 is 0 Å². The number of aliphatic carboxylic acids is 1. The van der Waals surface area contributed by atoms with Gasteiger partial charge >= 0.3 is 5.97 Å². The van der Waals surface area contributed by atoms with Gasteiger partial charge in [-0.25, -0.2) is 10.3 Å². The van der Waals surface area contributed by atoms with Crippen molar-refractivity contribution in [3.05, 3.63) is 35.4 Å². The van der Waals surface area contributed by atoms with Gasteiger partial charge in [0, 0.05) is 12.5 Å². The summed E-state index contributed by atoms with van der Waals surface area (Å²) >= 11 is 0. The number of carbonyl (C=O) groups excluding carboxylic acids is 2. The van der Waals surface area contributed by atoms with E-state index in [1.165, 1.54) is 12.5 Å². The van der Waals surface area contributed by atoms with Crippen LogP contribution in [0.15, 0.2) is 24.3 Å². The average molecular weight is 334 g/mol. The van der Waals surface area contributed by atoms with Gasteiger partial charge in [0.25, 0.3) is 5.91 Å². The lowest BCUT2D eigenvalue weighted by Crippen LogP contribution is -2.53. The van der Waals surface area contributed by atoms with Gasteiger partial charge in [0.15, 0.2) is 0 Å². The summed E-state index contributed by atoms with van der Waals surface area (Å²) in [6.45, 7) is 2.00. The quantitative estimate of drug-likeness (QED) is 0.394. The number of carboxylic acids is 1. The fraction of sp³-hybridized carbons (Fsp3) is 0.471. The molecular weight excluding hydrogens is 312 g/mol. The van der Waals surface area contributed by atoms with Crippen LogP contribution in [0.1, 0.15) is 30.4 Å². The van der Waals surface area contributed by atoms with E-state index in [0.717, 1.165) is 16.0 Å². The molecular formula is C17H22N2O5. The molecule has 0 radical (unpaired) electrons. The first-order valence-corrected chi connectivity index (χ1v) is 7.80. The van der Waals surface area contributed by atoms with Crippen molar-refractivity contribution >= 4 is 17.8 Å². The minimum Gasteiger partial charge on any atom is -0.479 e. The molecule has 3 N–H and O–H groups in total. The molecule has 0 saturated heterocycles. The first-order valence-electron chi connectivity index (χ1n) is 7.80. The van der Waals surface area contributed by atoms with Crippen LogP contribution in [0, 0.1) is 12.3 Å². The highest BCUT2D eigenvalue weighted by molar-refractivity contribution is 6.04. The first kappa shape index (κ1) is 17.9. The third kappa shape index (κ3) is 3.73. The molecule has 0 aromatic heterocycles. The van der Waals surface area contributed by atoms with E-state index in [0.29, 0.717) is 25.7 Å². The lowest BCUT2D eigenvalue weighted by molar-refractivity contribution is -0.158. The van der Waals surface area contributed by atoms with E-state index in [-0.39, 0.29) is 5.91 Å². The Bertz CT molecular complexity index is 637. The topological polar surface area (TPSA) is 107 Å². The molecule has 1 aliphatic rings. The molecule has 1 aromatic rings. The summed E-state index contributed by atoms with van der Waals surface area (Å²) < 4.78 is 0. The van der Waals surface area contributed by atoms with Crippen LogP contribution < -0.4 is 5.48 Å². The molecule has 0 heterocycles. The van der Waals surface area contributed by atoms with Crippen LogP contribution in [0.5, 0.6) is 0 Å². The first-order chi connectivity index (χ1) is 11.3. The summed E-state index contributed by atoms with van der Waals surface area (Å²) in [5, 5.41) is 17.8. The van der Waals surface area contributed by atoms with Crippen LogP contribution in [0.25, 0.3) is 0 Å². The Balaban J connectivity index is 2.05. The van der Waals surface area contributed by atoms with E-state index < -0.39 is 23.3 Å². The van der Waals surface area contributed by atoms with Gasteiger partial charge in [-0.05, 0) is 38.2 Å². The van der Waals surface area contributed by atoms with Crippen molar-refractivity contribution in [2.45, 2.75) is 38.6 Å². The number of carbonyl (C=O) groups is 3. The molecule has 7 nitrogen and oxygen atoms in total. The number of aryl methyl sites for hydroxylation is 2. The van der Waals surface area contributed by atoms with Gasteiger partial charge in [0.1, 0.15) is 0 Å². The largest absolute Gasteiger partial charge is 0.479 e. The van der Waals surface area contributed by atoms with Crippen molar-refractivity contribution in [2.24, 2.45) is 5.41 Å². The van der Waals surface area contributed by atoms with E-state index in [2.05, 4.69) is 0 Å². The number of rotatable bonds is 7. The highest BCUT2D eigenvalue weighted by Gasteiger charge is 2.52. The number of nitrogens with zero attached hydrogens (tertiary/aromatic N) is 1. The third-order valence-corrected chi connectivity index (χ3v) is 4.62. The number of nitrogens with one attached hydrogen (secondary N) is 1. The van der Waals surface area contributed by atoms with E-state index in [1.54, 1.807) is 0 Å². The molecule has 1 fully saturated rings. The Morgan fingerprint density at radius 2 is 1.83 bits per heavy atom. The standard InChI is InChI=1S/C17H22N2O5/c1-11-3-5-12(6-4-11)7-8-17(9-10-17)16(23)19(2)13(15(21)22)14(20)18-24/h3-6,13,24H,7-10H2,1-2H3,(H,18,20)(H,21,22). The van der Waals surface area contributed by atoms with Crippen molar-refractivity contribution in [1.82, 2.24) is 10.4 Å². The zero-order valence-corrected chi connectivity index (χ0v) is 13.8. The molecule has 2 rings (SSSR count). The molecule has 0 bridgehead atoms. The Kier molecular flexibility index (Phi) is 5.23. The van der Waals surface area contributed by atoms with E-state index in [1.807, 2.05) is 31.2 Å². The summed E-state index contributed by atoms with van der Waals surface area (Å²) in [7, 11) is 1.28. The molecule has 0 spiro atoms. The molecule has 0 aliphatic heterocycles. The van der Waals surface area contributed by atoms with Gasteiger partial charge in [0.2, 0.25) is 11.9 Å². The number of carboxylic acid groups (broad SMARTS) is 1. The maximum absolute atomic E-state index is 12.7. The summed E-state index contributed by atoms with van der Waals surface area (Å²) in [6.07, 6.45) is 2.67. The highest BCUT2D eigenvalue weighted by Crippen LogP contribution is 2.51. The average Bonchev–Trinajstić information content (AvgIpc) is 3.34. The van der Waals surface area contributed by atoms with Crippen molar-refractivity contribution in [2.75, 3.05) is 7.05 Å². The molecule has 7 heteroatoms. The van der Waals surface area contributed by atoms with Gasteiger partial charge in [0.05, 0.1) is 0 Å². The highest BCUT2D eigenvalue weighted by atomic mass is 16.5. The summed E-state index contributed by atoms with van der Waals surface area (Å²) in [5.41, 5.74) is 2.97. The Hall–Kier alpha value is -2.41. The molecule has 24 heavy (non-hydrogen) atoms. The van der Waals surface area contributed by atoms with Crippen LogP contribution >= 0.6 is 0 Å². The lowest BCUT2D eigenvalue weighted by atomic mass is 9.94. The number of hydroxylamine groups is 1. The third-order valence-electron chi connectivity index (χ3n) is 4.62. The smallest absolute Gasteiger partial charge is 0.336 e. The zero-order chi connectivity index (χ0) is 17.9. The second kappa shape index (κ2) is 7.00. The number of benzene rings is 1. The number of hydrogen-bond donors (Lipinski definition) is 3. The van der Waals surface area contributed by atoms with Crippen molar-refractivity contribution in [1.29, 1.82) is 0 Å². The second-order valence-electron chi connectivity index (χ2n) is 6.40. The van der Waals surface area contributed by atoms with Gasteiger partial charge < -0.3 is 10.0 Å². The lowest BCUT2D eigenvalue weighted by Gasteiger charge is -2.27. The fourth-order valence-corrected chi connectivity index (χ4v) is 2.87. The van der Waals surface area contributed by atoms with Gasteiger partial charge in [-0.3, -0.25) is 14.8 Å². The maximum atomic E-state index is 12.7. The summed E-state index contributed by atoms with van der Waals surface area (Å²) in [5.74, 6) is -2.98. The predicted octanol–water partition coefficient (Wildman–Crippen LogP) is 1.12. The fourth-order valence-electron chi connectivity index (χ4n) is 2.87. The predicted molar refractivity (Wildman–Crippen MR) is 85.3 cm³/mol.